The molecule has 4 nitrogen and oxygen atoms in total. The normalized spacial score (nSPS) is 21.3. The minimum absolute atomic E-state index is 0. The third kappa shape index (κ3) is 3.21. The molecular weight excluding hydrogens is 319 g/mol. The summed E-state index contributed by atoms with van der Waals surface area (Å²) >= 11 is 0. The molecular formula is C17H22ClFN2O2. The summed E-state index contributed by atoms with van der Waals surface area (Å²) in [6.07, 6.45) is 1.88. The van der Waals surface area contributed by atoms with E-state index in [1.807, 2.05) is 0 Å². The molecule has 23 heavy (non-hydrogen) atoms. The lowest BCUT2D eigenvalue weighted by molar-refractivity contribution is 0.0543. The van der Waals surface area contributed by atoms with Gasteiger partial charge in [0, 0.05) is 30.1 Å². The van der Waals surface area contributed by atoms with Gasteiger partial charge in [-0.1, -0.05) is 6.92 Å². The summed E-state index contributed by atoms with van der Waals surface area (Å²) < 4.78 is 19.1. The molecule has 1 fully saturated rings. The number of amides is 1. The Labute approximate surface area is 141 Å². The number of hydrogen-bond donors (Lipinski definition) is 1. The molecule has 126 valence electrons. The number of benzene rings is 1. The number of carbonyl (C=O) groups is 1. The van der Waals surface area contributed by atoms with E-state index in [2.05, 4.69) is 6.92 Å². The van der Waals surface area contributed by atoms with E-state index in [0.717, 1.165) is 12.8 Å². The van der Waals surface area contributed by atoms with Gasteiger partial charge in [-0.3, -0.25) is 4.79 Å². The van der Waals surface area contributed by atoms with Crippen molar-refractivity contribution in [1.82, 2.24) is 4.90 Å². The van der Waals surface area contributed by atoms with Crippen molar-refractivity contribution in [2.45, 2.75) is 32.7 Å². The van der Waals surface area contributed by atoms with Crippen LogP contribution in [-0.2, 0) is 0 Å². The van der Waals surface area contributed by atoms with E-state index in [-0.39, 0.29) is 30.2 Å². The Morgan fingerprint density at radius 3 is 2.91 bits per heavy atom. The van der Waals surface area contributed by atoms with Crippen LogP contribution in [0.1, 0.15) is 35.9 Å². The van der Waals surface area contributed by atoms with Gasteiger partial charge in [0.05, 0.1) is 0 Å². The highest BCUT2D eigenvalue weighted by atomic mass is 35.5. The van der Waals surface area contributed by atoms with Gasteiger partial charge in [-0.15, -0.1) is 12.4 Å². The first-order valence-electron chi connectivity index (χ1n) is 7.71. The molecule has 1 aliphatic heterocycles. The van der Waals surface area contributed by atoms with Gasteiger partial charge in [0.1, 0.15) is 11.4 Å². The molecule has 6 heteroatoms. The van der Waals surface area contributed by atoms with Gasteiger partial charge >= 0.3 is 0 Å². The second-order valence-corrected chi connectivity index (χ2v) is 6.21. The number of nitrogens with zero attached hydrogens (tertiary/aromatic N) is 1. The van der Waals surface area contributed by atoms with Crippen molar-refractivity contribution in [3.05, 3.63) is 35.3 Å². The molecule has 2 unspecified atom stereocenters. The molecule has 1 aromatic carbocycles. The molecule has 0 saturated carbocycles. The molecule has 1 aromatic heterocycles. The minimum Gasteiger partial charge on any atom is -0.451 e. The van der Waals surface area contributed by atoms with Gasteiger partial charge < -0.3 is 15.1 Å². The minimum atomic E-state index is -0.331. The maximum atomic E-state index is 13.4. The van der Waals surface area contributed by atoms with Crippen LogP contribution in [0.25, 0.3) is 11.0 Å². The van der Waals surface area contributed by atoms with E-state index < -0.39 is 0 Å². The van der Waals surface area contributed by atoms with Gasteiger partial charge in [0.15, 0.2) is 5.76 Å². The lowest BCUT2D eigenvalue weighted by Crippen LogP contribution is -2.49. The lowest BCUT2D eigenvalue weighted by atomic mass is 9.92. The lowest BCUT2D eigenvalue weighted by Gasteiger charge is -2.37. The van der Waals surface area contributed by atoms with Crippen LogP contribution in [0.2, 0.25) is 0 Å². The fourth-order valence-electron chi connectivity index (χ4n) is 3.27. The van der Waals surface area contributed by atoms with Crippen LogP contribution >= 0.6 is 12.4 Å². The average molecular weight is 341 g/mol. The van der Waals surface area contributed by atoms with Gasteiger partial charge in [0.25, 0.3) is 5.91 Å². The second-order valence-electron chi connectivity index (χ2n) is 6.21. The van der Waals surface area contributed by atoms with Gasteiger partial charge in [-0.05, 0) is 43.9 Å². The highest BCUT2D eigenvalue weighted by Gasteiger charge is 2.32. The topological polar surface area (TPSA) is 59.5 Å². The SMILES string of the molecule is Cc1c(C(=O)N2CCC(C)CC2CN)oc2ccc(F)cc12.Cl. The number of piperidine rings is 1. The van der Waals surface area contributed by atoms with Crippen LogP contribution in [0.15, 0.2) is 22.6 Å². The highest BCUT2D eigenvalue weighted by molar-refractivity contribution is 5.99. The van der Waals surface area contributed by atoms with E-state index in [9.17, 15) is 9.18 Å². The molecule has 1 saturated heterocycles. The zero-order valence-electron chi connectivity index (χ0n) is 13.3. The number of likely N-dealkylation sites (tertiary alicyclic amines) is 1. The predicted molar refractivity (Wildman–Crippen MR) is 90.4 cm³/mol. The fourth-order valence-corrected chi connectivity index (χ4v) is 3.27. The number of carbonyl (C=O) groups excluding carboxylic acids is 1. The van der Waals surface area contributed by atoms with Crippen molar-refractivity contribution in [3.63, 3.8) is 0 Å². The summed E-state index contributed by atoms with van der Waals surface area (Å²) in [6.45, 7) is 5.11. The average Bonchev–Trinajstić information content (AvgIpc) is 2.83. The first kappa shape index (κ1) is 17.8. The Morgan fingerprint density at radius 1 is 1.48 bits per heavy atom. The van der Waals surface area contributed by atoms with Crippen LogP contribution < -0.4 is 5.73 Å². The fraction of sp³-hybridized carbons (Fsp3) is 0.471. The molecule has 0 radical (unpaired) electrons. The van der Waals surface area contributed by atoms with Crippen molar-refractivity contribution in [1.29, 1.82) is 0 Å². The number of halogens is 2. The van der Waals surface area contributed by atoms with E-state index >= 15 is 0 Å². The summed E-state index contributed by atoms with van der Waals surface area (Å²) in [7, 11) is 0. The van der Waals surface area contributed by atoms with Crippen molar-refractivity contribution in [2.24, 2.45) is 11.7 Å². The monoisotopic (exact) mass is 340 g/mol. The number of rotatable bonds is 2. The predicted octanol–water partition coefficient (Wildman–Crippen LogP) is 3.50. The third-order valence-corrected chi connectivity index (χ3v) is 4.60. The summed E-state index contributed by atoms with van der Waals surface area (Å²) in [6, 6.07) is 4.35. The molecule has 2 heterocycles. The summed E-state index contributed by atoms with van der Waals surface area (Å²) in [5.41, 5.74) is 7.06. The standard InChI is InChI=1S/C17H21FN2O2.ClH/c1-10-5-6-20(13(7-10)9-19)17(21)16-11(2)14-8-12(18)3-4-15(14)22-16;/h3-4,8,10,13H,5-7,9,19H2,1-2H3;1H. The number of hydrogen-bond acceptors (Lipinski definition) is 3. The molecule has 1 aliphatic rings. The molecule has 0 bridgehead atoms. The second kappa shape index (κ2) is 6.89. The maximum absolute atomic E-state index is 13.4. The van der Waals surface area contributed by atoms with E-state index in [0.29, 0.717) is 41.3 Å². The zero-order chi connectivity index (χ0) is 15.9. The Morgan fingerprint density at radius 2 is 2.22 bits per heavy atom. The van der Waals surface area contributed by atoms with Gasteiger partial charge in [-0.25, -0.2) is 4.39 Å². The Kier molecular flexibility index (Phi) is 5.32. The quantitative estimate of drug-likeness (QED) is 0.910. The largest absolute Gasteiger partial charge is 0.451 e. The third-order valence-electron chi connectivity index (χ3n) is 4.60. The molecule has 0 aliphatic carbocycles. The van der Waals surface area contributed by atoms with Crippen molar-refractivity contribution in [3.8, 4) is 0 Å². The molecule has 3 rings (SSSR count). The number of fused-ring (bicyclic) bond motifs is 1. The van der Waals surface area contributed by atoms with E-state index in [4.69, 9.17) is 10.2 Å². The molecule has 2 N–H and O–H groups in total. The first-order valence-corrected chi connectivity index (χ1v) is 7.71. The summed E-state index contributed by atoms with van der Waals surface area (Å²) in [4.78, 5) is 14.6. The summed E-state index contributed by atoms with van der Waals surface area (Å²) in [5.74, 6) is 0.399. The van der Waals surface area contributed by atoms with Crippen molar-refractivity contribution in [2.75, 3.05) is 13.1 Å². The summed E-state index contributed by atoms with van der Waals surface area (Å²) in [5, 5.41) is 0.651. The van der Waals surface area contributed by atoms with Crippen LogP contribution in [0.4, 0.5) is 4.39 Å². The number of nitrogens with two attached hydrogens (primary N) is 1. The van der Waals surface area contributed by atoms with Gasteiger partial charge in [0.2, 0.25) is 0 Å². The zero-order valence-corrected chi connectivity index (χ0v) is 14.2. The molecule has 0 spiro atoms. The van der Waals surface area contributed by atoms with E-state index in [1.165, 1.54) is 12.1 Å². The van der Waals surface area contributed by atoms with Gasteiger partial charge in [-0.2, -0.15) is 0 Å². The smallest absolute Gasteiger partial charge is 0.290 e. The molecule has 2 atom stereocenters. The highest BCUT2D eigenvalue weighted by Crippen LogP contribution is 2.29. The van der Waals surface area contributed by atoms with E-state index in [1.54, 1.807) is 17.9 Å². The Bertz CT molecular complexity index is 716. The van der Waals surface area contributed by atoms with Crippen LogP contribution in [0, 0.1) is 18.7 Å². The van der Waals surface area contributed by atoms with Crippen molar-refractivity contribution < 1.29 is 13.6 Å². The van der Waals surface area contributed by atoms with Crippen LogP contribution in [-0.4, -0.2) is 29.9 Å². The van der Waals surface area contributed by atoms with Crippen molar-refractivity contribution >= 4 is 29.3 Å². The van der Waals surface area contributed by atoms with Crippen LogP contribution in [0.3, 0.4) is 0 Å². The van der Waals surface area contributed by atoms with Crippen LogP contribution in [0.5, 0.6) is 0 Å². The number of aryl methyl sites for hydroxylation is 1. The Hall–Kier alpha value is -1.59. The Balaban J connectivity index is 0.00000192. The first-order chi connectivity index (χ1) is 10.5. The number of furan rings is 1. The molecule has 2 aromatic rings. The maximum Gasteiger partial charge on any atom is 0.290 e. The molecule has 1 amide bonds.